The molecule has 0 bridgehead atoms. The maximum absolute atomic E-state index is 12.8. The third-order valence-corrected chi connectivity index (χ3v) is 7.46. The summed E-state index contributed by atoms with van der Waals surface area (Å²) in [5.41, 5.74) is -0.970. The van der Waals surface area contributed by atoms with Gasteiger partial charge in [0.1, 0.15) is 0 Å². The molecule has 1 atom stereocenters. The number of rotatable bonds is 5. The van der Waals surface area contributed by atoms with Crippen molar-refractivity contribution in [2.75, 3.05) is 0 Å². The fourth-order valence-electron chi connectivity index (χ4n) is 2.90. The van der Waals surface area contributed by atoms with Crippen molar-refractivity contribution in [3.05, 3.63) is 77.1 Å². The van der Waals surface area contributed by atoms with Crippen LogP contribution in [0, 0.1) is 11.3 Å². The van der Waals surface area contributed by atoms with E-state index in [2.05, 4.69) is 4.72 Å². The van der Waals surface area contributed by atoms with Crippen molar-refractivity contribution in [3.63, 3.8) is 0 Å². The van der Waals surface area contributed by atoms with Gasteiger partial charge in [0.2, 0.25) is 10.0 Å². The second-order valence-corrected chi connectivity index (χ2v) is 10.2. The molecule has 0 radical (unpaired) electrons. The molecule has 1 N–H and O–H groups in total. The number of nitrogens with zero attached hydrogens (tertiary/aromatic N) is 1. The first-order valence-electron chi connectivity index (χ1n) is 8.39. The zero-order valence-electron chi connectivity index (χ0n) is 15.0. The van der Waals surface area contributed by atoms with E-state index in [1.165, 1.54) is 18.2 Å². The largest absolute Gasteiger partial charge is 0.241 e. The van der Waals surface area contributed by atoms with Crippen molar-refractivity contribution in [1.29, 1.82) is 5.26 Å². The third-order valence-electron chi connectivity index (χ3n) is 4.39. The number of nitriles is 1. The van der Waals surface area contributed by atoms with Crippen LogP contribution in [0.25, 0.3) is 10.8 Å². The highest BCUT2D eigenvalue weighted by Gasteiger charge is 2.31. The number of fused-ring (bicyclic) bond motifs is 1. The third kappa shape index (κ3) is 4.22. The van der Waals surface area contributed by atoms with E-state index in [4.69, 9.17) is 5.26 Å². The number of hydrogen-bond acceptors (Lipinski definition) is 5. The first-order valence-corrected chi connectivity index (χ1v) is 11.4. The summed E-state index contributed by atoms with van der Waals surface area (Å²) in [5, 5.41) is 11.1. The number of benzene rings is 2. The molecule has 6 nitrogen and oxygen atoms in total. The Hall–Kier alpha value is -2.73. The minimum atomic E-state index is -3.81. The highest BCUT2D eigenvalue weighted by Crippen LogP contribution is 2.27. The van der Waals surface area contributed by atoms with Gasteiger partial charge in [-0.25, -0.2) is 21.6 Å². The van der Waals surface area contributed by atoms with Gasteiger partial charge in [-0.05, 0) is 42.3 Å². The molecule has 0 heterocycles. The molecule has 2 aromatic rings. The number of hydrogen-bond donors (Lipinski definition) is 1. The molecule has 144 valence electrons. The number of sulfonamides is 1. The van der Waals surface area contributed by atoms with Crippen molar-refractivity contribution in [2.24, 2.45) is 0 Å². The molecule has 0 aromatic heterocycles. The molecule has 2 aromatic carbocycles. The van der Waals surface area contributed by atoms with Gasteiger partial charge in [-0.2, -0.15) is 5.26 Å². The molecule has 3 rings (SSSR count). The Balaban J connectivity index is 1.84. The zero-order valence-corrected chi connectivity index (χ0v) is 16.7. The molecule has 1 unspecified atom stereocenters. The van der Waals surface area contributed by atoms with Gasteiger partial charge in [0.25, 0.3) is 0 Å². The molecular formula is C20H18N2O4S2. The summed E-state index contributed by atoms with van der Waals surface area (Å²) in [6.45, 7) is 1.67. The van der Waals surface area contributed by atoms with E-state index in [0.717, 1.165) is 22.3 Å². The fraction of sp³-hybridized carbons (Fsp3) is 0.150. The SMILES string of the molecule is CC1(NS(=O)(=O)c2ccc3ccccc3c2)C=CC(S(=O)(=O)C=CC#N)=CC1. The predicted molar refractivity (Wildman–Crippen MR) is 108 cm³/mol. The van der Waals surface area contributed by atoms with Gasteiger partial charge in [-0.1, -0.05) is 42.5 Å². The zero-order chi connectivity index (χ0) is 20.4. The van der Waals surface area contributed by atoms with Gasteiger partial charge < -0.3 is 0 Å². The monoisotopic (exact) mass is 414 g/mol. The number of sulfone groups is 1. The van der Waals surface area contributed by atoms with E-state index in [0.29, 0.717) is 0 Å². The fourth-order valence-corrected chi connectivity index (χ4v) is 5.28. The van der Waals surface area contributed by atoms with Crippen molar-refractivity contribution < 1.29 is 16.8 Å². The number of allylic oxidation sites excluding steroid dienone is 2. The Morgan fingerprint density at radius 3 is 2.46 bits per heavy atom. The van der Waals surface area contributed by atoms with Crippen molar-refractivity contribution in [3.8, 4) is 6.07 Å². The van der Waals surface area contributed by atoms with E-state index in [1.54, 1.807) is 31.2 Å². The van der Waals surface area contributed by atoms with Crippen LogP contribution in [0.4, 0.5) is 0 Å². The van der Waals surface area contributed by atoms with E-state index >= 15 is 0 Å². The van der Waals surface area contributed by atoms with Crippen LogP contribution in [-0.2, 0) is 19.9 Å². The summed E-state index contributed by atoms with van der Waals surface area (Å²) < 4.78 is 52.5. The maximum Gasteiger partial charge on any atom is 0.241 e. The Labute approximate surface area is 164 Å². The molecule has 0 amide bonds. The van der Waals surface area contributed by atoms with Crippen LogP contribution < -0.4 is 4.72 Å². The van der Waals surface area contributed by atoms with Crippen LogP contribution >= 0.6 is 0 Å². The van der Waals surface area contributed by atoms with E-state index in [9.17, 15) is 16.8 Å². The van der Waals surface area contributed by atoms with Crippen LogP contribution in [0.5, 0.6) is 0 Å². The number of nitrogens with one attached hydrogen (secondary N) is 1. The molecular weight excluding hydrogens is 396 g/mol. The summed E-state index contributed by atoms with van der Waals surface area (Å²) in [5.74, 6) is 0. The quantitative estimate of drug-likeness (QED) is 0.757. The topological polar surface area (TPSA) is 104 Å². The van der Waals surface area contributed by atoms with Crippen molar-refractivity contribution >= 4 is 30.6 Å². The average Bonchev–Trinajstić information content (AvgIpc) is 2.65. The van der Waals surface area contributed by atoms with Crippen LogP contribution in [0.3, 0.4) is 0 Å². The van der Waals surface area contributed by atoms with Gasteiger partial charge in [0.05, 0.1) is 21.4 Å². The lowest BCUT2D eigenvalue weighted by Crippen LogP contribution is -2.44. The molecule has 0 saturated carbocycles. The van der Waals surface area contributed by atoms with Gasteiger partial charge in [-0.15, -0.1) is 0 Å². The summed E-state index contributed by atoms with van der Waals surface area (Å²) in [7, 11) is -7.54. The molecule has 1 aliphatic carbocycles. The van der Waals surface area contributed by atoms with Gasteiger partial charge >= 0.3 is 0 Å². The Morgan fingerprint density at radius 1 is 1.11 bits per heavy atom. The highest BCUT2D eigenvalue weighted by molar-refractivity contribution is 7.98. The smallest absolute Gasteiger partial charge is 0.219 e. The maximum atomic E-state index is 12.8. The first-order chi connectivity index (χ1) is 13.2. The Bertz CT molecular complexity index is 1270. The summed E-state index contributed by atoms with van der Waals surface area (Å²) in [6, 6.07) is 14.0. The Kier molecular flexibility index (Phi) is 5.26. The van der Waals surface area contributed by atoms with Crippen molar-refractivity contribution in [1.82, 2.24) is 4.72 Å². The molecule has 28 heavy (non-hydrogen) atoms. The minimum absolute atomic E-state index is 0.0291. The molecule has 8 heteroatoms. The van der Waals surface area contributed by atoms with Crippen LogP contribution in [0.1, 0.15) is 13.3 Å². The molecule has 0 aliphatic heterocycles. The molecule has 0 saturated heterocycles. The predicted octanol–water partition coefficient (Wildman–Crippen LogP) is 3.17. The lowest BCUT2D eigenvalue weighted by molar-refractivity contribution is 0.499. The van der Waals surface area contributed by atoms with Crippen molar-refractivity contribution in [2.45, 2.75) is 23.8 Å². The van der Waals surface area contributed by atoms with Gasteiger partial charge in [-0.3, -0.25) is 0 Å². The van der Waals surface area contributed by atoms with E-state index in [-0.39, 0.29) is 16.2 Å². The highest BCUT2D eigenvalue weighted by atomic mass is 32.2. The summed E-state index contributed by atoms with van der Waals surface area (Å²) in [6.07, 6.45) is 5.35. The Morgan fingerprint density at radius 2 is 1.82 bits per heavy atom. The lowest BCUT2D eigenvalue weighted by Gasteiger charge is -2.28. The molecule has 1 aliphatic rings. The second kappa shape index (κ2) is 7.36. The average molecular weight is 415 g/mol. The lowest BCUT2D eigenvalue weighted by atomic mass is 9.95. The minimum Gasteiger partial charge on any atom is -0.219 e. The normalized spacial score (nSPS) is 20.2. The molecule has 0 spiro atoms. The molecule has 0 fully saturated rings. The van der Waals surface area contributed by atoms with E-state index < -0.39 is 25.4 Å². The van der Waals surface area contributed by atoms with E-state index in [1.807, 2.05) is 24.3 Å². The van der Waals surface area contributed by atoms with Gasteiger partial charge in [0.15, 0.2) is 9.84 Å². The standard InChI is InChI=1S/C20H18N2O4S2/c1-20(11-9-18(10-12-20)27(23,24)14-4-13-21)22-28(25,26)19-8-7-16-5-2-3-6-17(16)15-19/h2-11,14-15,22H,12H2,1H3. The van der Waals surface area contributed by atoms with Gasteiger partial charge in [0, 0.05) is 11.5 Å². The summed E-state index contributed by atoms with van der Waals surface area (Å²) >= 11 is 0. The van der Waals surface area contributed by atoms with Crippen LogP contribution in [0.2, 0.25) is 0 Å². The second-order valence-electron chi connectivity index (χ2n) is 6.65. The summed E-state index contributed by atoms with van der Waals surface area (Å²) in [4.78, 5) is 0.168. The first kappa shape index (κ1) is 20.0. The van der Waals surface area contributed by atoms with Crippen LogP contribution in [-0.4, -0.2) is 22.4 Å². The van der Waals surface area contributed by atoms with Crippen LogP contribution in [0.15, 0.2) is 82.0 Å².